The van der Waals surface area contributed by atoms with Gasteiger partial charge in [-0.05, 0) is 76.1 Å². The molecule has 2 aliphatic carbocycles. The van der Waals surface area contributed by atoms with Gasteiger partial charge in [-0.1, -0.05) is 36.4 Å². The molecule has 0 aromatic heterocycles. The van der Waals surface area contributed by atoms with Crippen molar-refractivity contribution in [3.8, 4) is 0 Å². The average Bonchev–Trinajstić information content (AvgIpc) is 3.62. The molecule has 7 heteroatoms. The first-order valence-corrected chi connectivity index (χ1v) is 13.3. The molecule has 2 aliphatic heterocycles. The van der Waals surface area contributed by atoms with E-state index in [0.29, 0.717) is 11.1 Å². The fourth-order valence-corrected chi connectivity index (χ4v) is 7.52. The summed E-state index contributed by atoms with van der Waals surface area (Å²) in [5.74, 6) is -0.369. The molecule has 6 rings (SSSR count). The van der Waals surface area contributed by atoms with E-state index in [-0.39, 0.29) is 41.8 Å². The highest BCUT2D eigenvalue weighted by Gasteiger charge is 2.71. The number of hydrogen-bond acceptors (Lipinski definition) is 6. The number of ether oxygens (including phenoxy) is 3. The van der Waals surface area contributed by atoms with Crippen LogP contribution in [0.3, 0.4) is 0 Å². The van der Waals surface area contributed by atoms with E-state index in [2.05, 4.69) is 0 Å². The molecule has 8 unspecified atom stereocenters. The van der Waals surface area contributed by atoms with E-state index in [0.717, 1.165) is 19.3 Å². The van der Waals surface area contributed by atoms with E-state index in [9.17, 15) is 14.4 Å². The molecule has 4 aliphatic rings. The SMILES string of the molecule is CC(C)(C)OC(=O)N1C2CCC1C1C3CC(C(OC(=O)c4ccccc4)C3OC(=O)c3ccccc3)C12. The number of esters is 2. The Morgan fingerprint density at radius 3 is 1.57 bits per heavy atom. The van der Waals surface area contributed by atoms with Crippen molar-refractivity contribution in [3.05, 3.63) is 71.8 Å². The summed E-state index contributed by atoms with van der Waals surface area (Å²) < 4.78 is 18.0. The van der Waals surface area contributed by atoms with E-state index >= 15 is 0 Å². The zero-order valence-electron chi connectivity index (χ0n) is 21.4. The van der Waals surface area contributed by atoms with Crippen LogP contribution >= 0.6 is 0 Å². The molecule has 0 N–H and O–H groups in total. The number of hydrogen-bond donors (Lipinski definition) is 0. The van der Waals surface area contributed by atoms with Gasteiger partial charge in [-0.2, -0.15) is 0 Å². The number of carbonyl (C=O) groups excluding carboxylic acids is 3. The smallest absolute Gasteiger partial charge is 0.410 e. The van der Waals surface area contributed by atoms with Crippen molar-refractivity contribution in [2.24, 2.45) is 23.7 Å². The van der Waals surface area contributed by atoms with Gasteiger partial charge < -0.3 is 19.1 Å². The highest BCUT2D eigenvalue weighted by atomic mass is 16.6. The Morgan fingerprint density at radius 2 is 1.16 bits per heavy atom. The van der Waals surface area contributed by atoms with Crippen LogP contribution in [0.15, 0.2) is 60.7 Å². The fraction of sp³-hybridized carbons (Fsp3) is 0.500. The molecule has 2 saturated heterocycles. The summed E-state index contributed by atoms with van der Waals surface area (Å²) in [5, 5.41) is 0. The van der Waals surface area contributed by atoms with Crippen LogP contribution in [-0.2, 0) is 14.2 Å². The quantitative estimate of drug-likeness (QED) is 0.426. The molecule has 8 atom stereocenters. The van der Waals surface area contributed by atoms with Gasteiger partial charge in [0.2, 0.25) is 0 Å². The molecule has 2 aromatic rings. The van der Waals surface area contributed by atoms with Crippen LogP contribution in [0, 0.1) is 23.7 Å². The maximum absolute atomic E-state index is 13.2. The Balaban J connectivity index is 1.29. The normalized spacial score (nSPS) is 33.2. The van der Waals surface area contributed by atoms with Crippen LogP contribution in [0.1, 0.15) is 60.7 Å². The third-order valence-electron chi connectivity index (χ3n) is 8.62. The summed E-state index contributed by atoms with van der Waals surface area (Å²) in [4.78, 5) is 41.4. The minimum absolute atomic E-state index is 0.0245. The first kappa shape index (κ1) is 24.0. The number of fused-ring (bicyclic) bond motifs is 9. The molecular formula is C30H33NO6. The zero-order chi connectivity index (χ0) is 25.9. The first-order chi connectivity index (χ1) is 17.7. The van der Waals surface area contributed by atoms with Gasteiger partial charge in [-0.3, -0.25) is 0 Å². The van der Waals surface area contributed by atoms with Gasteiger partial charge in [0.1, 0.15) is 17.8 Å². The minimum atomic E-state index is -0.575. The molecule has 1 amide bonds. The van der Waals surface area contributed by atoms with Crippen LogP contribution in [0.5, 0.6) is 0 Å². The lowest BCUT2D eigenvalue weighted by Crippen LogP contribution is -2.49. The number of carbonyl (C=O) groups is 3. The highest BCUT2D eigenvalue weighted by Crippen LogP contribution is 2.65. The summed E-state index contributed by atoms with van der Waals surface area (Å²) in [6, 6.07) is 17.9. The largest absolute Gasteiger partial charge is 0.455 e. The van der Waals surface area contributed by atoms with Crippen molar-refractivity contribution in [1.82, 2.24) is 4.90 Å². The van der Waals surface area contributed by atoms with Crippen molar-refractivity contribution in [3.63, 3.8) is 0 Å². The molecule has 37 heavy (non-hydrogen) atoms. The number of benzene rings is 2. The van der Waals surface area contributed by atoms with E-state index in [4.69, 9.17) is 14.2 Å². The molecule has 4 bridgehead atoms. The van der Waals surface area contributed by atoms with Crippen LogP contribution in [0.2, 0.25) is 0 Å². The van der Waals surface area contributed by atoms with Gasteiger partial charge in [0.05, 0.1) is 11.1 Å². The van der Waals surface area contributed by atoms with Crippen molar-refractivity contribution < 1.29 is 28.6 Å². The maximum atomic E-state index is 13.2. The summed E-state index contributed by atoms with van der Waals surface area (Å²) in [7, 11) is 0. The van der Waals surface area contributed by atoms with Gasteiger partial charge in [0.25, 0.3) is 0 Å². The third-order valence-corrected chi connectivity index (χ3v) is 8.62. The minimum Gasteiger partial charge on any atom is -0.455 e. The van der Waals surface area contributed by atoms with Gasteiger partial charge >= 0.3 is 18.0 Å². The van der Waals surface area contributed by atoms with E-state index < -0.39 is 29.7 Å². The summed E-state index contributed by atoms with van der Waals surface area (Å²) >= 11 is 0. The topological polar surface area (TPSA) is 82.1 Å². The Hall–Kier alpha value is -3.35. The summed E-state index contributed by atoms with van der Waals surface area (Å²) in [6.45, 7) is 5.64. The van der Waals surface area contributed by atoms with E-state index in [1.807, 2.05) is 37.8 Å². The molecule has 194 valence electrons. The van der Waals surface area contributed by atoms with Gasteiger partial charge in [0, 0.05) is 23.9 Å². The second-order valence-electron chi connectivity index (χ2n) is 11.8. The second-order valence-corrected chi connectivity index (χ2v) is 11.8. The molecule has 0 spiro atoms. The lowest BCUT2D eigenvalue weighted by Gasteiger charge is -2.40. The number of amides is 1. The molecule has 2 heterocycles. The van der Waals surface area contributed by atoms with Crippen molar-refractivity contribution in [2.45, 2.75) is 69.9 Å². The average molecular weight is 504 g/mol. The molecule has 7 nitrogen and oxygen atoms in total. The Kier molecular flexibility index (Phi) is 5.77. The first-order valence-electron chi connectivity index (χ1n) is 13.3. The third kappa shape index (κ3) is 4.09. The Labute approximate surface area is 217 Å². The molecule has 4 fully saturated rings. The monoisotopic (exact) mass is 503 g/mol. The Bertz CT molecular complexity index is 1110. The van der Waals surface area contributed by atoms with Crippen molar-refractivity contribution in [1.29, 1.82) is 0 Å². The second kappa shape index (κ2) is 8.89. The highest BCUT2D eigenvalue weighted by molar-refractivity contribution is 5.90. The van der Waals surface area contributed by atoms with Gasteiger partial charge in [-0.15, -0.1) is 0 Å². The molecule has 0 radical (unpaired) electrons. The van der Waals surface area contributed by atoms with E-state index in [1.54, 1.807) is 48.5 Å². The summed E-state index contributed by atoms with van der Waals surface area (Å²) in [6.07, 6.45) is 1.29. The predicted molar refractivity (Wildman–Crippen MR) is 135 cm³/mol. The summed E-state index contributed by atoms with van der Waals surface area (Å²) in [5.41, 5.74) is 0.367. The lowest BCUT2D eigenvalue weighted by atomic mass is 9.69. The van der Waals surface area contributed by atoms with Crippen LogP contribution in [0.4, 0.5) is 4.79 Å². The predicted octanol–water partition coefficient (Wildman–Crippen LogP) is 5.10. The van der Waals surface area contributed by atoms with Crippen LogP contribution in [0.25, 0.3) is 0 Å². The van der Waals surface area contributed by atoms with Crippen LogP contribution in [-0.4, -0.2) is 52.8 Å². The van der Waals surface area contributed by atoms with Gasteiger partial charge in [-0.25, -0.2) is 14.4 Å². The zero-order valence-corrected chi connectivity index (χ0v) is 21.4. The molecule has 2 saturated carbocycles. The van der Waals surface area contributed by atoms with E-state index in [1.165, 1.54) is 0 Å². The Morgan fingerprint density at radius 1 is 0.730 bits per heavy atom. The van der Waals surface area contributed by atoms with Crippen molar-refractivity contribution in [2.75, 3.05) is 0 Å². The maximum Gasteiger partial charge on any atom is 0.410 e. The standard InChI is InChI=1S/C30H33NO6/c1-30(2,3)37-29(34)31-21-14-15-22(31)24-20-16-19(23(21)24)25(35-27(32)17-10-6-4-7-11-17)26(20)36-28(33)18-12-8-5-9-13-18/h4-13,19-26H,14-16H2,1-3H3. The molecular weight excluding hydrogens is 470 g/mol. The van der Waals surface area contributed by atoms with Crippen molar-refractivity contribution >= 4 is 18.0 Å². The van der Waals surface area contributed by atoms with Gasteiger partial charge in [0.15, 0.2) is 0 Å². The number of rotatable bonds is 4. The van der Waals surface area contributed by atoms with Crippen LogP contribution < -0.4 is 0 Å². The number of nitrogens with zero attached hydrogens (tertiary/aromatic N) is 1. The molecule has 2 aromatic carbocycles. The fourth-order valence-electron chi connectivity index (χ4n) is 7.52. The lowest BCUT2D eigenvalue weighted by molar-refractivity contribution is -0.0823.